The molecule has 2 unspecified atom stereocenters. The number of hydrogen-bond acceptors (Lipinski definition) is 4. The zero-order chi connectivity index (χ0) is 13.0. The largest absolute Gasteiger partial charge is 0.468 e. The SMILES string of the molecule is COC(=O)C1CCN1C(CO)Cc1ccccc1. The zero-order valence-electron chi connectivity index (χ0n) is 10.6. The Balaban J connectivity index is 1.99. The van der Waals surface area contributed by atoms with Crippen molar-refractivity contribution in [2.24, 2.45) is 0 Å². The first-order valence-electron chi connectivity index (χ1n) is 6.24. The Hall–Kier alpha value is -1.39. The van der Waals surface area contributed by atoms with Gasteiger partial charge in [0.05, 0.1) is 13.7 Å². The maximum atomic E-state index is 11.5. The normalized spacial score (nSPS) is 21.1. The highest BCUT2D eigenvalue weighted by Gasteiger charge is 2.39. The first-order valence-corrected chi connectivity index (χ1v) is 6.24. The van der Waals surface area contributed by atoms with Crippen LogP contribution in [0.15, 0.2) is 30.3 Å². The number of aliphatic hydroxyl groups excluding tert-OH is 1. The monoisotopic (exact) mass is 249 g/mol. The van der Waals surface area contributed by atoms with Crippen LogP contribution in [0.25, 0.3) is 0 Å². The maximum absolute atomic E-state index is 11.5. The Morgan fingerprint density at radius 2 is 2.22 bits per heavy atom. The summed E-state index contributed by atoms with van der Waals surface area (Å²) in [6, 6.07) is 9.82. The minimum Gasteiger partial charge on any atom is -0.468 e. The topological polar surface area (TPSA) is 49.8 Å². The summed E-state index contributed by atoms with van der Waals surface area (Å²) in [5.41, 5.74) is 1.17. The van der Waals surface area contributed by atoms with Crippen LogP contribution in [0.4, 0.5) is 0 Å². The Labute approximate surface area is 107 Å². The van der Waals surface area contributed by atoms with Crippen LogP contribution in [0, 0.1) is 0 Å². The molecule has 1 N–H and O–H groups in total. The van der Waals surface area contributed by atoms with Crippen molar-refractivity contribution in [3.63, 3.8) is 0 Å². The van der Waals surface area contributed by atoms with Gasteiger partial charge >= 0.3 is 5.97 Å². The third-order valence-electron chi connectivity index (χ3n) is 3.53. The molecule has 1 saturated heterocycles. The Kier molecular flexibility index (Phi) is 4.33. The molecule has 0 spiro atoms. The molecule has 18 heavy (non-hydrogen) atoms. The number of carbonyl (C=O) groups excluding carboxylic acids is 1. The number of ether oxygens (including phenoxy) is 1. The van der Waals surface area contributed by atoms with Crippen LogP contribution in [0.1, 0.15) is 12.0 Å². The molecule has 0 radical (unpaired) electrons. The van der Waals surface area contributed by atoms with Crippen LogP contribution in [0.2, 0.25) is 0 Å². The van der Waals surface area contributed by atoms with Crippen molar-refractivity contribution in [1.29, 1.82) is 0 Å². The van der Waals surface area contributed by atoms with Gasteiger partial charge in [0.25, 0.3) is 0 Å². The van der Waals surface area contributed by atoms with Gasteiger partial charge in [0, 0.05) is 12.6 Å². The fraction of sp³-hybridized carbons (Fsp3) is 0.500. The molecule has 0 bridgehead atoms. The average molecular weight is 249 g/mol. The number of benzene rings is 1. The van der Waals surface area contributed by atoms with Gasteiger partial charge in [0.1, 0.15) is 6.04 Å². The smallest absolute Gasteiger partial charge is 0.323 e. The Bertz CT molecular complexity index is 393. The highest BCUT2D eigenvalue weighted by molar-refractivity contribution is 5.76. The quantitative estimate of drug-likeness (QED) is 0.786. The lowest BCUT2D eigenvalue weighted by molar-refractivity contribution is -0.154. The predicted molar refractivity (Wildman–Crippen MR) is 68.1 cm³/mol. The molecule has 2 rings (SSSR count). The van der Waals surface area contributed by atoms with Crippen LogP contribution in [0.3, 0.4) is 0 Å². The third kappa shape index (κ3) is 2.71. The molecule has 0 aromatic heterocycles. The van der Waals surface area contributed by atoms with E-state index in [0.717, 1.165) is 19.4 Å². The molecule has 1 fully saturated rings. The molecule has 98 valence electrons. The average Bonchev–Trinajstić information content (AvgIpc) is 2.37. The molecule has 4 heteroatoms. The summed E-state index contributed by atoms with van der Waals surface area (Å²) < 4.78 is 4.77. The van der Waals surface area contributed by atoms with Gasteiger partial charge in [-0.15, -0.1) is 0 Å². The van der Waals surface area contributed by atoms with Crippen molar-refractivity contribution in [3.05, 3.63) is 35.9 Å². The number of rotatable bonds is 5. The van der Waals surface area contributed by atoms with Gasteiger partial charge in [-0.1, -0.05) is 30.3 Å². The second kappa shape index (κ2) is 5.98. The summed E-state index contributed by atoms with van der Waals surface area (Å²) in [6.45, 7) is 0.903. The molecule has 0 aliphatic carbocycles. The van der Waals surface area contributed by atoms with Gasteiger partial charge < -0.3 is 9.84 Å². The van der Waals surface area contributed by atoms with Crippen LogP contribution >= 0.6 is 0 Å². The fourth-order valence-electron chi connectivity index (χ4n) is 2.41. The number of methoxy groups -OCH3 is 1. The van der Waals surface area contributed by atoms with E-state index in [0.29, 0.717) is 0 Å². The third-order valence-corrected chi connectivity index (χ3v) is 3.53. The first-order chi connectivity index (χ1) is 8.76. The number of hydrogen-bond donors (Lipinski definition) is 1. The molecule has 2 atom stereocenters. The van der Waals surface area contributed by atoms with E-state index >= 15 is 0 Å². The van der Waals surface area contributed by atoms with E-state index in [1.807, 2.05) is 35.2 Å². The first kappa shape index (κ1) is 13.1. The molecule has 1 aromatic carbocycles. The van der Waals surface area contributed by atoms with Crippen molar-refractivity contribution in [3.8, 4) is 0 Å². The van der Waals surface area contributed by atoms with E-state index in [1.54, 1.807) is 0 Å². The number of esters is 1. The van der Waals surface area contributed by atoms with Gasteiger partial charge in [-0.3, -0.25) is 9.69 Å². The molecular weight excluding hydrogens is 230 g/mol. The summed E-state index contributed by atoms with van der Waals surface area (Å²) in [5.74, 6) is -0.201. The van der Waals surface area contributed by atoms with Crippen molar-refractivity contribution in [2.45, 2.75) is 24.9 Å². The molecule has 4 nitrogen and oxygen atoms in total. The van der Waals surface area contributed by atoms with Crippen LogP contribution in [-0.4, -0.2) is 48.3 Å². The second-order valence-electron chi connectivity index (χ2n) is 4.59. The molecule has 1 aromatic rings. The molecule has 1 heterocycles. The summed E-state index contributed by atoms with van der Waals surface area (Å²) in [6.07, 6.45) is 1.57. The number of likely N-dealkylation sites (tertiary alicyclic amines) is 1. The van der Waals surface area contributed by atoms with Crippen molar-refractivity contribution >= 4 is 5.97 Å². The van der Waals surface area contributed by atoms with Gasteiger partial charge in [0.2, 0.25) is 0 Å². The van der Waals surface area contributed by atoms with Crippen molar-refractivity contribution in [2.75, 3.05) is 20.3 Å². The Morgan fingerprint density at radius 1 is 1.50 bits per heavy atom. The second-order valence-corrected chi connectivity index (χ2v) is 4.59. The van der Waals surface area contributed by atoms with Crippen molar-refractivity contribution in [1.82, 2.24) is 4.90 Å². The lowest BCUT2D eigenvalue weighted by Gasteiger charge is -2.43. The highest BCUT2D eigenvalue weighted by Crippen LogP contribution is 2.23. The predicted octanol–water partition coefficient (Wildman–Crippen LogP) is 0.837. The zero-order valence-corrected chi connectivity index (χ0v) is 10.6. The molecule has 0 amide bonds. The van der Waals surface area contributed by atoms with Gasteiger partial charge in [0.15, 0.2) is 0 Å². The molecular formula is C14H19NO3. The van der Waals surface area contributed by atoms with Crippen molar-refractivity contribution < 1.29 is 14.6 Å². The van der Waals surface area contributed by atoms with Gasteiger partial charge in [-0.2, -0.15) is 0 Å². The number of aliphatic hydroxyl groups is 1. The number of carbonyl (C=O) groups is 1. The lowest BCUT2D eigenvalue weighted by Crippen LogP contribution is -2.58. The van der Waals surface area contributed by atoms with E-state index in [4.69, 9.17) is 4.74 Å². The summed E-state index contributed by atoms with van der Waals surface area (Å²) in [4.78, 5) is 13.6. The minimum atomic E-state index is -0.201. The van der Waals surface area contributed by atoms with E-state index in [-0.39, 0.29) is 24.7 Å². The number of nitrogens with zero attached hydrogens (tertiary/aromatic N) is 1. The fourth-order valence-corrected chi connectivity index (χ4v) is 2.41. The van der Waals surface area contributed by atoms with Gasteiger partial charge in [-0.25, -0.2) is 0 Å². The van der Waals surface area contributed by atoms with Crippen LogP contribution in [-0.2, 0) is 16.0 Å². The van der Waals surface area contributed by atoms with Gasteiger partial charge in [-0.05, 0) is 18.4 Å². The standard InChI is InChI=1S/C14H19NO3/c1-18-14(17)13-7-8-15(13)12(10-16)9-11-5-3-2-4-6-11/h2-6,12-13,16H,7-10H2,1H3. The molecule has 1 aliphatic rings. The molecule has 0 saturated carbocycles. The van der Waals surface area contributed by atoms with E-state index in [9.17, 15) is 9.90 Å². The molecule has 1 aliphatic heterocycles. The summed E-state index contributed by atoms with van der Waals surface area (Å²) in [5, 5.41) is 9.50. The van der Waals surface area contributed by atoms with E-state index in [2.05, 4.69) is 0 Å². The van der Waals surface area contributed by atoms with Crippen LogP contribution < -0.4 is 0 Å². The summed E-state index contributed by atoms with van der Waals surface area (Å²) >= 11 is 0. The van der Waals surface area contributed by atoms with Crippen LogP contribution in [0.5, 0.6) is 0 Å². The minimum absolute atomic E-state index is 0.00903. The van der Waals surface area contributed by atoms with E-state index < -0.39 is 0 Å². The Morgan fingerprint density at radius 3 is 2.72 bits per heavy atom. The lowest BCUT2D eigenvalue weighted by atomic mass is 9.96. The highest BCUT2D eigenvalue weighted by atomic mass is 16.5. The van der Waals surface area contributed by atoms with E-state index in [1.165, 1.54) is 12.7 Å². The maximum Gasteiger partial charge on any atom is 0.323 e. The summed E-state index contributed by atoms with van der Waals surface area (Å²) in [7, 11) is 1.41.